The molecule has 0 radical (unpaired) electrons. The van der Waals surface area contributed by atoms with Gasteiger partial charge < -0.3 is 20.4 Å². The van der Waals surface area contributed by atoms with E-state index in [0.29, 0.717) is 28.4 Å². The maximum Gasteiger partial charge on any atom is 0.319 e. The van der Waals surface area contributed by atoms with Crippen LogP contribution in [-0.2, 0) is 6.54 Å². The number of carbonyl (C=O) groups is 1. The van der Waals surface area contributed by atoms with Crippen molar-refractivity contribution in [2.45, 2.75) is 19.4 Å². The Balaban J connectivity index is 1.67. The predicted molar refractivity (Wildman–Crippen MR) is 103 cm³/mol. The highest BCUT2D eigenvalue weighted by molar-refractivity contribution is 6.30. The van der Waals surface area contributed by atoms with E-state index >= 15 is 0 Å². The van der Waals surface area contributed by atoms with Crippen molar-refractivity contribution in [2.24, 2.45) is 0 Å². The van der Waals surface area contributed by atoms with Gasteiger partial charge in [-0.05, 0) is 31.0 Å². The molecule has 2 amide bonds. The number of hydrogen-bond acceptors (Lipinski definition) is 6. The number of amides is 2. The Hall–Kier alpha value is -2.61. The van der Waals surface area contributed by atoms with Crippen LogP contribution in [0.5, 0.6) is 0 Å². The van der Waals surface area contributed by atoms with E-state index in [2.05, 4.69) is 30.5 Å². The van der Waals surface area contributed by atoms with Gasteiger partial charge in [0.2, 0.25) is 11.9 Å². The zero-order valence-corrected chi connectivity index (χ0v) is 15.6. The first kappa shape index (κ1) is 18.2. The Morgan fingerprint density at radius 1 is 1.23 bits per heavy atom. The number of benzene rings is 1. The minimum absolute atomic E-state index is 0.205. The smallest absolute Gasteiger partial charge is 0.319 e. The fourth-order valence-electron chi connectivity index (χ4n) is 2.63. The van der Waals surface area contributed by atoms with Crippen molar-refractivity contribution in [1.82, 2.24) is 20.3 Å². The molecule has 0 bridgehead atoms. The fraction of sp³-hybridized carbons (Fsp3) is 0.412. The third-order valence-corrected chi connectivity index (χ3v) is 4.17. The van der Waals surface area contributed by atoms with Crippen LogP contribution < -0.4 is 20.4 Å². The summed E-state index contributed by atoms with van der Waals surface area (Å²) in [7, 11) is 3.76. The number of carbonyl (C=O) groups excluding carboxylic acids is 1. The van der Waals surface area contributed by atoms with E-state index in [-0.39, 0.29) is 12.6 Å². The molecule has 0 spiro atoms. The lowest BCUT2D eigenvalue weighted by Crippen LogP contribution is -2.30. The molecule has 1 aliphatic heterocycles. The van der Waals surface area contributed by atoms with E-state index in [9.17, 15) is 4.79 Å². The SMILES string of the molecule is CN(C)c1nc(CNC(=O)Nc2cccc(Cl)c2)nc(N2CCCC2)n1. The number of aromatic nitrogens is 3. The average molecular weight is 376 g/mol. The third kappa shape index (κ3) is 4.72. The maximum absolute atomic E-state index is 12.1. The first-order valence-corrected chi connectivity index (χ1v) is 8.87. The van der Waals surface area contributed by atoms with Gasteiger partial charge in [0.25, 0.3) is 0 Å². The second kappa shape index (κ2) is 8.18. The number of halogens is 1. The molecular weight excluding hydrogens is 354 g/mol. The Kier molecular flexibility index (Phi) is 5.72. The Morgan fingerprint density at radius 2 is 2.00 bits per heavy atom. The van der Waals surface area contributed by atoms with Crippen LogP contribution in [0.15, 0.2) is 24.3 Å². The monoisotopic (exact) mass is 375 g/mol. The third-order valence-electron chi connectivity index (χ3n) is 3.94. The van der Waals surface area contributed by atoms with E-state index < -0.39 is 0 Å². The van der Waals surface area contributed by atoms with Gasteiger partial charge >= 0.3 is 6.03 Å². The highest BCUT2D eigenvalue weighted by atomic mass is 35.5. The minimum Gasteiger partial charge on any atom is -0.347 e. The lowest BCUT2D eigenvalue weighted by atomic mass is 10.3. The summed E-state index contributed by atoms with van der Waals surface area (Å²) in [4.78, 5) is 29.5. The van der Waals surface area contributed by atoms with Crippen LogP contribution in [0.4, 0.5) is 22.4 Å². The molecule has 0 saturated carbocycles. The number of hydrogen-bond donors (Lipinski definition) is 2. The molecule has 8 nitrogen and oxygen atoms in total. The van der Waals surface area contributed by atoms with Crippen molar-refractivity contribution < 1.29 is 4.79 Å². The molecule has 1 fully saturated rings. The summed E-state index contributed by atoms with van der Waals surface area (Å²) in [6.07, 6.45) is 2.28. The molecule has 1 aromatic carbocycles. The largest absolute Gasteiger partial charge is 0.347 e. The van der Waals surface area contributed by atoms with Gasteiger partial charge in [-0.25, -0.2) is 4.79 Å². The summed E-state index contributed by atoms with van der Waals surface area (Å²) >= 11 is 5.92. The van der Waals surface area contributed by atoms with Crippen molar-refractivity contribution in [3.05, 3.63) is 35.1 Å². The zero-order chi connectivity index (χ0) is 18.5. The Morgan fingerprint density at radius 3 is 2.69 bits per heavy atom. The molecule has 26 heavy (non-hydrogen) atoms. The van der Waals surface area contributed by atoms with Crippen LogP contribution >= 0.6 is 11.6 Å². The number of rotatable bonds is 5. The van der Waals surface area contributed by atoms with Gasteiger partial charge in [0, 0.05) is 37.9 Å². The summed E-state index contributed by atoms with van der Waals surface area (Å²) in [6, 6.07) is 6.62. The molecule has 2 aromatic rings. The molecule has 3 rings (SSSR count). The van der Waals surface area contributed by atoms with E-state index in [0.717, 1.165) is 25.9 Å². The zero-order valence-electron chi connectivity index (χ0n) is 14.9. The highest BCUT2D eigenvalue weighted by Gasteiger charge is 2.18. The summed E-state index contributed by atoms with van der Waals surface area (Å²) in [5.41, 5.74) is 0.623. The van der Waals surface area contributed by atoms with Gasteiger partial charge in [-0.2, -0.15) is 15.0 Å². The van der Waals surface area contributed by atoms with Crippen LogP contribution in [0.25, 0.3) is 0 Å². The molecule has 9 heteroatoms. The van der Waals surface area contributed by atoms with Crippen molar-refractivity contribution in [2.75, 3.05) is 42.3 Å². The number of urea groups is 1. The molecule has 1 saturated heterocycles. The molecule has 138 valence electrons. The van der Waals surface area contributed by atoms with E-state index in [1.165, 1.54) is 0 Å². The van der Waals surface area contributed by atoms with Crippen molar-refractivity contribution in [3.63, 3.8) is 0 Å². The van der Waals surface area contributed by atoms with Gasteiger partial charge in [0.15, 0.2) is 5.82 Å². The van der Waals surface area contributed by atoms with Crippen molar-refractivity contribution in [3.8, 4) is 0 Å². The molecular formula is C17H22ClN7O. The van der Waals surface area contributed by atoms with E-state index in [1.54, 1.807) is 24.3 Å². The fourth-order valence-corrected chi connectivity index (χ4v) is 2.82. The minimum atomic E-state index is -0.346. The second-order valence-electron chi connectivity index (χ2n) is 6.26. The van der Waals surface area contributed by atoms with Crippen molar-refractivity contribution in [1.29, 1.82) is 0 Å². The second-order valence-corrected chi connectivity index (χ2v) is 6.69. The summed E-state index contributed by atoms with van der Waals surface area (Å²) in [5, 5.41) is 6.06. The highest BCUT2D eigenvalue weighted by Crippen LogP contribution is 2.18. The number of nitrogens with zero attached hydrogens (tertiary/aromatic N) is 5. The Labute approximate surface area is 157 Å². The molecule has 2 heterocycles. The van der Waals surface area contributed by atoms with Crippen LogP contribution in [0.3, 0.4) is 0 Å². The molecule has 1 aromatic heterocycles. The normalized spacial score (nSPS) is 13.6. The van der Waals surface area contributed by atoms with Gasteiger partial charge in [-0.15, -0.1) is 0 Å². The molecule has 0 unspecified atom stereocenters. The van der Waals surface area contributed by atoms with Crippen LogP contribution in [0, 0.1) is 0 Å². The van der Waals surface area contributed by atoms with Gasteiger partial charge in [0.05, 0.1) is 6.54 Å². The average Bonchev–Trinajstić information content (AvgIpc) is 3.14. The first-order valence-electron chi connectivity index (χ1n) is 8.49. The Bertz CT molecular complexity index is 777. The summed E-state index contributed by atoms with van der Waals surface area (Å²) < 4.78 is 0. The van der Waals surface area contributed by atoms with Crippen LogP contribution in [0.2, 0.25) is 5.02 Å². The number of nitrogens with one attached hydrogen (secondary N) is 2. The van der Waals surface area contributed by atoms with Crippen LogP contribution in [0.1, 0.15) is 18.7 Å². The molecule has 1 aliphatic rings. The number of anilines is 3. The van der Waals surface area contributed by atoms with Gasteiger partial charge in [-0.3, -0.25) is 0 Å². The predicted octanol–water partition coefficient (Wildman–Crippen LogP) is 2.51. The van der Waals surface area contributed by atoms with Crippen molar-refractivity contribution >= 4 is 35.2 Å². The first-order chi connectivity index (χ1) is 12.5. The standard InChI is InChI=1S/C17H22ClN7O/c1-24(2)15-21-14(22-16(23-15)25-8-3-4-9-25)11-19-17(26)20-13-7-5-6-12(18)10-13/h5-7,10H,3-4,8-9,11H2,1-2H3,(H2,19,20,26). The molecule has 2 N–H and O–H groups in total. The maximum atomic E-state index is 12.1. The van der Waals surface area contributed by atoms with E-state index in [1.807, 2.05) is 19.0 Å². The topological polar surface area (TPSA) is 86.3 Å². The summed E-state index contributed by atoms with van der Waals surface area (Å²) in [5.74, 6) is 1.76. The van der Waals surface area contributed by atoms with Gasteiger partial charge in [-0.1, -0.05) is 17.7 Å². The van der Waals surface area contributed by atoms with Crippen LogP contribution in [-0.4, -0.2) is 48.2 Å². The van der Waals surface area contributed by atoms with Gasteiger partial charge in [0.1, 0.15) is 0 Å². The quantitative estimate of drug-likeness (QED) is 0.835. The summed E-state index contributed by atoms with van der Waals surface area (Å²) in [6.45, 7) is 2.09. The molecule has 0 aliphatic carbocycles. The van der Waals surface area contributed by atoms with E-state index in [4.69, 9.17) is 11.6 Å². The lowest BCUT2D eigenvalue weighted by Gasteiger charge is -2.19. The lowest BCUT2D eigenvalue weighted by molar-refractivity contribution is 0.251. The molecule has 0 atom stereocenters.